The molecule has 200 valence electrons. The third-order valence-electron chi connectivity index (χ3n) is 6.44. The number of hydrogen-bond acceptors (Lipinski definition) is 8. The number of rotatable bonds is 12. The Balaban J connectivity index is 2.13. The van der Waals surface area contributed by atoms with E-state index in [1.807, 2.05) is 35.2 Å². The summed E-state index contributed by atoms with van der Waals surface area (Å²) in [6, 6.07) is 10.0. The van der Waals surface area contributed by atoms with Crippen molar-refractivity contribution in [3.63, 3.8) is 0 Å². The Bertz CT molecular complexity index is 766. The summed E-state index contributed by atoms with van der Waals surface area (Å²) in [6.45, 7) is 12.0. The van der Waals surface area contributed by atoms with Gasteiger partial charge in [-0.1, -0.05) is 44.2 Å². The quantitative estimate of drug-likeness (QED) is 0.383. The highest BCUT2D eigenvalue weighted by molar-refractivity contribution is 5.78. The molecule has 0 saturated carbocycles. The zero-order valence-corrected chi connectivity index (χ0v) is 22.0. The fourth-order valence-corrected chi connectivity index (χ4v) is 4.39. The van der Waals surface area contributed by atoms with Crippen molar-refractivity contribution in [2.24, 2.45) is 5.92 Å². The van der Waals surface area contributed by atoms with Crippen molar-refractivity contribution in [1.82, 2.24) is 24.5 Å². The Labute approximate surface area is 216 Å². The lowest BCUT2D eigenvalue weighted by Gasteiger charge is -2.33. The number of aldehydes is 3. The first kappa shape index (κ1) is 29.8. The number of carbonyl (C=O) groups excluding carboxylic acids is 4. The van der Waals surface area contributed by atoms with E-state index in [0.29, 0.717) is 97.5 Å². The molecule has 9 heteroatoms. The molecule has 0 aromatic heterocycles. The van der Waals surface area contributed by atoms with Crippen LogP contribution in [0.1, 0.15) is 19.4 Å². The molecule has 2 rings (SSSR count). The number of hydrogen-bond donors (Lipinski definition) is 0. The molecule has 1 aliphatic heterocycles. The predicted molar refractivity (Wildman–Crippen MR) is 141 cm³/mol. The standard InChI is InChI=1S/C27H43N5O4/c1-25(2)22-32(23-26-6-4-3-5-7-26)27(36)24-31-14-12-29(17-20-34)10-8-28(16-19-33)9-11-30(13-15-31)18-21-35/h3-7,19-21,25H,8-18,22-24H2,1-2H3. The van der Waals surface area contributed by atoms with E-state index in [4.69, 9.17) is 0 Å². The second-order valence-corrected chi connectivity index (χ2v) is 9.83. The number of amides is 1. The van der Waals surface area contributed by atoms with Gasteiger partial charge in [0.05, 0.1) is 26.2 Å². The Morgan fingerprint density at radius 3 is 1.56 bits per heavy atom. The molecular formula is C27H43N5O4. The largest absolute Gasteiger partial charge is 0.337 e. The van der Waals surface area contributed by atoms with E-state index in [0.717, 1.165) is 24.4 Å². The van der Waals surface area contributed by atoms with E-state index in [1.165, 1.54) is 0 Å². The first-order chi connectivity index (χ1) is 17.4. The van der Waals surface area contributed by atoms with Crippen LogP contribution in [0, 0.1) is 5.92 Å². The van der Waals surface area contributed by atoms with Crippen LogP contribution in [-0.4, -0.2) is 134 Å². The third-order valence-corrected chi connectivity index (χ3v) is 6.44. The summed E-state index contributed by atoms with van der Waals surface area (Å²) in [5.74, 6) is 0.435. The van der Waals surface area contributed by atoms with E-state index >= 15 is 0 Å². The maximum atomic E-state index is 13.5. The number of carbonyl (C=O) groups is 4. The molecule has 0 aliphatic carbocycles. The topological polar surface area (TPSA) is 84.5 Å². The van der Waals surface area contributed by atoms with Crippen molar-refractivity contribution < 1.29 is 19.2 Å². The van der Waals surface area contributed by atoms with E-state index in [2.05, 4.69) is 33.4 Å². The molecule has 0 N–H and O–H groups in total. The lowest BCUT2D eigenvalue weighted by Crippen LogP contribution is -2.49. The molecule has 36 heavy (non-hydrogen) atoms. The summed E-state index contributed by atoms with van der Waals surface area (Å²) in [6.07, 6.45) is 2.70. The van der Waals surface area contributed by atoms with Crippen molar-refractivity contribution >= 4 is 24.8 Å². The molecule has 1 aromatic rings. The van der Waals surface area contributed by atoms with Gasteiger partial charge in [0.1, 0.15) is 18.9 Å². The van der Waals surface area contributed by atoms with Crippen molar-refractivity contribution in [2.45, 2.75) is 20.4 Å². The average molecular weight is 502 g/mol. The Kier molecular flexibility index (Phi) is 14.1. The molecule has 0 spiro atoms. The average Bonchev–Trinajstić information content (AvgIpc) is 2.85. The van der Waals surface area contributed by atoms with E-state index in [-0.39, 0.29) is 5.91 Å². The highest BCUT2D eigenvalue weighted by Gasteiger charge is 2.21. The van der Waals surface area contributed by atoms with Crippen LogP contribution in [0.2, 0.25) is 0 Å². The van der Waals surface area contributed by atoms with Crippen molar-refractivity contribution in [3.05, 3.63) is 35.9 Å². The molecule has 0 unspecified atom stereocenters. The van der Waals surface area contributed by atoms with Crippen LogP contribution in [-0.2, 0) is 25.7 Å². The Morgan fingerprint density at radius 2 is 1.17 bits per heavy atom. The predicted octanol–water partition coefficient (Wildman–Crippen LogP) is 0.490. The Hall–Kier alpha value is -2.46. The second kappa shape index (κ2) is 17.1. The summed E-state index contributed by atoms with van der Waals surface area (Å²) in [5, 5.41) is 0. The minimum atomic E-state index is 0.0840. The first-order valence-corrected chi connectivity index (χ1v) is 13.0. The van der Waals surface area contributed by atoms with E-state index in [9.17, 15) is 19.2 Å². The van der Waals surface area contributed by atoms with Gasteiger partial charge in [-0.25, -0.2) is 0 Å². The fraction of sp³-hybridized carbons (Fsp3) is 0.630. The first-order valence-electron chi connectivity index (χ1n) is 13.0. The van der Waals surface area contributed by atoms with Gasteiger partial charge in [0.25, 0.3) is 0 Å². The van der Waals surface area contributed by atoms with Gasteiger partial charge in [-0.15, -0.1) is 0 Å². The number of benzene rings is 1. The zero-order chi connectivity index (χ0) is 26.2. The monoisotopic (exact) mass is 501 g/mol. The lowest BCUT2D eigenvalue weighted by atomic mass is 10.1. The highest BCUT2D eigenvalue weighted by atomic mass is 16.2. The third kappa shape index (κ3) is 11.5. The molecule has 1 amide bonds. The van der Waals surface area contributed by atoms with Crippen LogP contribution >= 0.6 is 0 Å². The summed E-state index contributed by atoms with van der Waals surface area (Å²) >= 11 is 0. The van der Waals surface area contributed by atoms with Crippen LogP contribution in [0.5, 0.6) is 0 Å². The van der Waals surface area contributed by atoms with Crippen LogP contribution < -0.4 is 0 Å². The van der Waals surface area contributed by atoms with E-state index < -0.39 is 0 Å². The SMILES string of the molecule is CC(C)CN(Cc1ccccc1)C(=O)CN1CCN(CC=O)CCN(CC=O)CCN(CC=O)CC1. The molecule has 1 fully saturated rings. The van der Waals surface area contributed by atoms with Gasteiger partial charge in [0.15, 0.2) is 0 Å². The van der Waals surface area contributed by atoms with E-state index in [1.54, 1.807) is 0 Å². The van der Waals surface area contributed by atoms with Crippen LogP contribution in [0.25, 0.3) is 0 Å². The number of nitrogens with zero attached hydrogens (tertiary/aromatic N) is 5. The zero-order valence-electron chi connectivity index (χ0n) is 22.0. The van der Waals surface area contributed by atoms with Gasteiger partial charge in [-0.3, -0.25) is 24.4 Å². The van der Waals surface area contributed by atoms with Crippen molar-refractivity contribution in [3.8, 4) is 0 Å². The molecule has 9 nitrogen and oxygen atoms in total. The summed E-state index contributed by atoms with van der Waals surface area (Å²) < 4.78 is 0. The molecule has 0 radical (unpaired) electrons. The molecular weight excluding hydrogens is 458 g/mol. The van der Waals surface area contributed by atoms with Crippen molar-refractivity contribution in [1.29, 1.82) is 0 Å². The summed E-state index contributed by atoms with van der Waals surface area (Å²) in [7, 11) is 0. The van der Waals surface area contributed by atoms with Gasteiger partial charge in [0, 0.05) is 65.4 Å². The Morgan fingerprint density at radius 1 is 0.750 bits per heavy atom. The molecule has 1 aliphatic rings. The summed E-state index contributed by atoms with van der Waals surface area (Å²) in [4.78, 5) is 57.4. The van der Waals surface area contributed by atoms with Gasteiger partial charge < -0.3 is 19.3 Å². The second-order valence-electron chi connectivity index (χ2n) is 9.83. The van der Waals surface area contributed by atoms with Gasteiger partial charge >= 0.3 is 0 Å². The van der Waals surface area contributed by atoms with Gasteiger partial charge in [0.2, 0.25) is 5.91 Å². The molecule has 1 heterocycles. The van der Waals surface area contributed by atoms with Gasteiger partial charge in [-0.05, 0) is 11.5 Å². The maximum Gasteiger partial charge on any atom is 0.237 e. The minimum Gasteiger partial charge on any atom is -0.337 e. The normalized spacial score (nSPS) is 17.8. The smallest absolute Gasteiger partial charge is 0.237 e. The van der Waals surface area contributed by atoms with Crippen molar-refractivity contribution in [2.75, 3.05) is 85.1 Å². The molecule has 0 atom stereocenters. The van der Waals surface area contributed by atoms with Crippen LogP contribution in [0.4, 0.5) is 0 Å². The lowest BCUT2D eigenvalue weighted by molar-refractivity contribution is -0.133. The summed E-state index contributed by atoms with van der Waals surface area (Å²) in [5.41, 5.74) is 1.11. The van der Waals surface area contributed by atoms with Crippen LogP contribution in [0.15, 0.2) is 30.3 Å². The van der Waals surface area contributed by atoms with Gasteiger partial charge in [-0.2, -0.15) is 0 Å². The maximum absolute atomic E-state index is 13.5. The molecule has 0 bridgehead atoms. The fourth-order valence-electron chi connectivity index (χ4n) is 4.39. The highest BCUT2D eigenvalue weighted by Crippen LogP contribution is 2.09. The molecule has 1 aromatic carbocycles. The minimum absolute atomic E-state index is 0.0840. The molecule has 1 saturated heterocycles. The van der Waals surface area contributed by atoms with Crippen LogP contribution in [0.3, 0.4) is 0 Å².